The first-order valence-corrected chi connectivity index (χ1v) is 9.69. The Balaban J connectivity index is 1.73. The Morgan fingerprint density at radius 1 is 1.18 bits per heavy atom. The van der Waals surface area contributed by atoms with Crippen LogP contribution >= 0.6 is 0 Å². The van der Waals surface area contributed by atoms with E-state index in [1.54, 1.807) is 0 Å². The second-order valence-corrected chi connectivity index (χ2v) is 8.46. The minimum atomic E-state index is -1.08. The average molecular weight is 376 g/mol. The lowest BCUT2D eigenvalue weighted by atomic mass is 9.59. The summed E-state index contributed by atoms with van der Waals surface area (Å²) >= 11 is 0. The summed E-state index contributed by atoms with van der Waals surface area (Å²) in [5, 5.41) is 37.1. The number of pyridine rings is 1. The minimum Gasteiger partial charge on any atom is -0.504 e. The van der Waals surface area contributed by atoms with Gasteiger partial charge in [0.15, 0.2) is 11.5 Å². The van der Waals surface area contributed by atoms with Crippen LogP contribution in [-0.4, -0.2) is 38.5 Å². The van der Waals surface area contributed by atoms with Crippen LogP contribution in [0, 0.1) is 6.92 Å². The van der Waals surface area contributed by atoms with Crippen LogP contribution in [0.1, 0.15) is 29.3 Å². The van der Waals surface area contributed by atoms with E-state index in [0.717, 1.165) is 27.7 Å². The molecule has 28 heavy (non-hydrogen) atoms. The number of hydrogen-bond acceptors (Lipinski definition) is 5. The molecule has 1 saturated heterocycles. The highest BCUT2D eigenvalue weighted by molar-refractivity contribution is 5.79. The minimum absolute atomic E-state index is 0.107. The number of phenolic OH excluding ortho intramolecular Hbond substituents is 2. The number of aryl methyl sites for hydroxylation is 1. The second-order valence-electron chi connectivity index (χ2n) is 8.46. The Hall–Kier alpha value is -2.63. The highest BCUT2D eigenvalue weighted by Crippen LogP contribution is 2.54. The Bertz CT molecular complexity index is 1110. The molecule has 3 aromatic rings. The summed E-state index contributed by atoms with van der Waals surface area (Å²) in [6.45, 7) is 4.38. The molecule has 2 bridgehead atoms. The Morgan fingerprint density at radius 2 is 1.96 bits per heavy atom. The largest absolute Gasteiger partial charge is 0.504 e. The molecule has 2 unspecified atom stereocenters. The number of fused-ring (bicyclic) bond motifs is 5. The van der Waals surface area contributed by atoms with Crippen LogP contribution < -0.4 is 5.32 Å². The van der Waals surface area contributed by atoms with Gasteiger partial charge in [0.05, 0.1) is 11.1 Å². The first-order chi connectivity index (χ1) is 13.3. The van der Waals surface area contributed by atoms with E-state index in [2.05, 4.69) is 11.4 Å². The number of para-hydroxylation sites is 1. The average Bonchev–Trinajstić information content (AvgIpc) is 2.80. The number of nitrogens with zero attached hydrogens (tertiary/aromatic N) is 1. The van der Waals surface area contributed by atoms with Crippen molar-refractivity contribution in [2.45, 2.75) is 43.7 Å². The van der Waals surface area contributed by atoms with Gasteiger partial charge in [-0.25, -0.2) is 0 Å². The maximum Gasteiger partial charge on any atom is 0.161 e. The fourth-order valence-corrected chi connectivity index (χ4v) is 5.22. The standard InChI is InChI=1S/C23H24N2O3/c1-13-9-14-5-3-4-6-16(14)25-17(13)11-23-12-24-19(22(23,2)28)10-15-7-8-18(26)21(27)20(15)23/h3-9,19,24,26-28H,10-12H2,1-2H3/t19?,22?,23-/m0/s1. The van der Waals surface area contributed by atoms with Gasteiger partial charge in [-0.2, -0.15) is 0 Å². The molecule has 1 aromatic heterocycles. The van der Waals surface area contributed by atoms with Crippen molar-refractivity contribution in [2.24, 2.45) is 0 Å². The quantitative estimate of drug-likeness (QED) is 0.517. The summed E-state index contributed by atoms with van der Waals surface area (Å²) in [4.78, 5) is 4.89. The summed E-state index contributed by atoms with van der Waals surface area (Å²) in [6.07, 6.45) is 1.09. The van der Waals surface area contributed by atoms with E-state index in [0.29, 0.717) is 24.9 Å². The van der Waals surface area contributed by atoms with Gasteiger partial charge in [0, 0.05) is 41.1 Å². The van der Waals surface area contributed by atoms with Crippen LogP contribution in [0.4, 0.5) is 0 Å². The number of aromatic hydroxyl groups is 2. The molecule has 3 atom stereocenters. The molecule has 5 nitrogen and oxygen atoms in total. The zero-order valence-corrected chi connectivity index (χ0v) is 16.0. The van der Waals surface area contributed by atoms with Crippen LogP contribution in [0.25, 0.3) is 10.9 Å². The maximum absolute atomic E-state index is 11.6. The van der Waals surface area contributed by atoms with Gasteiger partial charge < -0.3 is 20.6 Å². The van der Waals surface area contributed by atoms with Crippen molar-refractivity contribution < 1.29 is 15.3 Å². The number of phenols is 2. The number of aromatic nitrogens is 1. The predicted octanol–water partition coefficient (Wildman–Crippen LogP) is 2.71. The number of nitrogens with one attached hydrogen (secondary N) is 1. The van der Waals surface area contributed by atoms with Crippen molar-refractivity contribution in [2.75, 3.05) is 6.54 Å². The van der Waals surface area contributed by atoms with Crippen molar-refractivity contribution >= 4 is 10.9 Å². The molecule has 144 valence electrons. The van der Waals surface area contributed by atoms with Gasteiger partial charge in [-0.3, -0.25) is 4.98 Å². The Kier molecular flexibility index (Phi) is 3.55. The molecule has 2 aromatic carbocycles. The number of aliphatic hydroxyl groups is 1. The first-order valence-electron chi connectivity index (χ1n) is 9.69. The van der Waals surface area contributed by atoms with Crippen molar-refractivity contribution in [3.8, 4) is 11.5 Å². The van der Waals surface area contributed by atoms with Gasteiger partial charge in [-0.15, -0.1) is 0 Å². The van der Waals surface area contributed by atoms with E-state index in [4.69, 9.17) is 4.98 Å². The van der Waals surface area contributed by atoms with E-state index < -0.39 is 11.0 Å². The second kappa shape index (κ2) is 5.69. The molecule has 5 rings (SSSR count). The van der Waals surface area contributed by atoms with Gasteiger partial charge in [0.25, 0.3) is 0 Å². The fourth-order valence-electron chi connectivity index (χ4n) is 5.22. The van der Waals surface area contributed by atoms with Crippen LogP contribution in [0.15, 0.2) is 42.5 Å². The van der Waals surface area contributed by atoms with E-state index in [-0.39, 0.29) is 17.5 Å². The highest BCUT2D eigenvalue weighted by atomic mass is 16.3. The zero-order valence-electron chi connectivity index (χ0n) is 16.0. The SMILES string of the molecule is Cc1cc2ccccc2nc1C[C@]12CNC(Cc3ccc(O)c(O)c31)C2(C)O. The summed E-state index contributed by atoms with van der Waals surface area (Å²) in [6, 6.07) is 13.4. The summed E-state index contributed by atoms with van der Waals surface area (Å²) < 4.78 is 0. The molecule has 2 aliphatic rings. The Morgan fingerprint density at radius 3 is 2.79 bits per heavy atom. The van der Waals surface area contributed by atoms with E-state index in [1.807, 2.05) is 44.2 Å². The third-order valence-corrected chi connectivity index (χ3v) is 6.93. The fraction of sp³-hybridized carbons (Fsp3) is 0.348. The molecular formula is C23H24N2O3. The van der Waals surface area contributed by atoms with Crippen LogP contribution in [0.5, 0.6) is 11.5 Å². The molecule has 0 saturated carbocycles. The molecule has 0 radical (unpaired) electrons. The third-order valence-electron chi connectivity index (χ3n) is 6.93. The van der Waals surface area contributed by atoms with Crippen molar-refractivity contribution in [1.82, 2.24) is 10.3 Å². The highest BCUT2D eigenvalue weighted by Gasteiger charge is 2.62. The normalized spacial score (nSPS) is 28.5. The van der Waals surface area contributed by atoms with Crippen LogP contribution in [0.3, 0.4) is 0 Å². The monoisotopic (exact) mass is 376 g/mol. The summed E-state index contributed by atoms with van der Waals surface area (Å²) in [7, 11) is 0. The molecule has 5 heteroatoms. The van der Waals surface area contributed by atoms with Crippen molar-refractivity contribution in [1.29, 1.82) is 0 Å². The van der Waals surface area contributed by atoms with Gasteiger partial charge in [0.1, 0.15) is 0 Å². The van der Waals surface area contributed by atoms with Gasteiger partial charge in [0.2, 0.25) is 0 Å². The molecular weight excluding hydrogens is 352 g/mol. The smallest absolute Gasteiger partial charge is 0.161 e. The van der Waals surface area contributed by atoms with Crippen molar-refractivity contribution in [3.05, 3.63) is 64.8 Å². The third kappa shape index (κ3) is 2.17. The number of hydrogen-bond donors (Lipinski definition) is 4. The van der Waals surface area contributed by atoms with Gasteiger partial charge >= 0.3 is 0 Å². The lowest BCUT2D eigenvalue weighted by molar-refractivity contribution is -0.0217. The lowest BCUT2D eigenvalue weighted by Gasteiger charge is -2.47. The first kappa shape index (κ1) is 17.5. The topological polar surface area (TPSA) is 85.6 Å². The lowest BCUT2D eigenvalue weighted by Crippen LogP contribution is -2.57. The van der Waals surface area contributed by atoms with Crippen LogP contribution in [-0.2, 0) is 18.3 Å². The Labute approximate surface area is 163 Å². The molecule has 2 heterocycles. The number of rotatable bonds is 2. The van der Waals surface area contributed by atoms with E-state index in [9.17, 15) is 15.3 Å². The molecule has 0 spiro atoms. The summed E-state index contributed by atoms with van der Waals surface area (Å²) in [5.74, 6) is -0.277. The maximum atomic E-state index is 11.6. The molecule has 1 aliphatic carbocycles. The van der Waals surface area contributed by atoms with Crippen molar-refractivity contribution in [3.63, 3.8) is 0 Å². The molecule has 0 amide bonds. The predicted molar refractivity (Wildman–Crippen MR) is 108 cm³/mol. The van der Waals surface area contributed by atoms with E-state index >= 15 is 0 Å². The van der Waals surface area contributed by atoms with E-state index in [1.165, 1.54) is 6.07 Å². The zero-order chi connectivity index (χ0) is 19.7. The number of benzene rings is 2. The van der Waals surface area contributed by atoms with Gasteiger partial charge in [-0.1, -0.05) is 24.3 Å². The molecule has 1 aliphatic heterocycles. The summed E-state index contributed by atoms with van der Waals surface area (Å²) in [5.41, 5.74) is 2.64. The molecule has 1 fully saturated rings. The van der Waals surface area contributed by atoms with Crippen LogP contribution in [0.2, 0.25) is 0 Å². The molecule has 4 N–H and O–H groups in total. The van der Waals surface area contributed by atoms with Gasteiger partial charge in [-0.05, 0) is 49.6 Å².